The molecular weight excluding hydrogens is 333 g/mol. The first-order chi connectivity index (χ1) is 10.0. The average Bonchev–Trinajstić information content (AvgIpc) is 2.45. The van der Waals surface area contributed by atoms with E-state index in [1.807, 2.05) is 37.3 Å². The number of rotatable bonds is 2. The number of hydrogen-bond donors (Lipinski definition) is 2. The van der Waals surface area contributed by atoms with Gasteiger partial charge in [0.2, 0.25) is 0 Å². The molecule has 0 unspecified atom stereocenters. The van der Waals surface area contributed by atoms with E-state index in [2.05, 4.69) is 26.2 Å². The SMILES string of the molecule is Cc1cc(Br)c(F)cc1Nc1ccc2cc(N)ccc2n1. The Morgan fingerprint density at radius 3 is 2.76 bits per heavy atom. The highest BCUT2D eigenvalue weighted by Gasteiger charge is 2.06. The normalized spacial score (nSPS) is 10.8. The van der Waals surface area contributed by atoms with Gasteiger partial charge in [-0.2, -0.15) is 0 Å². The topological polar surface area (TPSA) is 50.9 Å². The largest absolute Gasteiger partial charge is 0.399 e. The molecule has 0 bridgehead atoms. The number of aromatic nitrogens is 1. The highest BCUT2D eigenvalue weighted by Crippen LogP contribution is 2.27. The lowest BCUT2D eigenvalue weighted by atomic mass is 10.2. The molecule has 0 saturated carbocycles. The van der Waals surface area contributed by atoms with Crippen LogP contribution in [0.5, 0.6) is 0 Å². The van der Waals surface area contributed by atoms with E-state index in [-0.39, 0.29) is 5.82 Å². The Labute approximate surface area is 130 Å². The first-order valence-corrected chi connectivity index (χ1v) is 7.21. The number of nitrogens with zero attached hydrogens (tertiary/aromatic N) is 1. The fraction of sp³-hybridized carbons (Fsp3) is 0.0625. The van der Waals surface area contributed by atoms with Gasteiger partial charge in [-0.15, -0.1) is 0 Å². The van der Waals surface area contributed by atoms with E-state index in [4.69, 9.17) is 5.73 Å². The molecule has 0 aliphatic heterocycles. The molecule has 21 heavy (non-hydrogen) atoms. The number of hydrogen-bond acceptors (Lipinski definition) is 3. The second-order valence-corrected chi connectivity index (χ2v) is 5.71. The molecule has 3 N–H and O–H groups in total. The number of benzene rings is 2. The third kappa shape index (κ3) is 2.83. The van der Waals surface area contributed by atoms with Crippen LogP contribution < -0.4 is 11.1 Å². The van der Waals surface area contributed by atoms with Crippen molar-refractivity contribution in [3.8, 4) is 0 Å². The molecule has 3 rings (SSSR count). The Morgan fingerprint density at radius 1 is 1.14 bits per heavy atom. The third-order valence-corrected chi connectivity index (χ3v) is 3.85. The number of pyridine rings is 1. The summed E-state index contributed by atoms with van der Waals surface area (Å²) < 4.78 is 14.1. The highest BCUT2D eigenvalue weighted by atomic mass is 79.9. The van der Waals surface area contributed by atoms with Crippen LogP contribution in [0.2, 0.25) is 0 Å². The molecule has 0 saturated heterocycles. The lowest BCUT2D eigenvalue weighted by molar-refractivity contribution is 0.621. The second kappa shape index (κ2) is 5.33. The van der Waals surface area contributed by atoms with Gasteiger partial charge in [-0.3, -0.25) is 0 Å². The number of nitrogen functional groups attached to an aromatic ring is 1. The summed E-state index contributed by atoms with van der Waals surface area (Å²) in [4.78, 5) is 4.50. The Hall–Kier alpha value is -2.14. The van der Waals surface area contributed by atoms with Gasteiger partial charge in [0.15, 0.2) is 0 Å². The molecule has 0 aliphatic carbocycles. The van der Waals surface area contributed by atoms with Crippen LogP contribution in [0, 0.1) is 12.7 Å². The molecule has 0 radical (unpaired) electrons. The van der Waals surface area contributed by atoms with E-state index in [9.17, 15) is 4.39 Å². The minimum absolute atomic E-state index is 0.309. The van der Waals surface area contributed by atoms with Crippen LogP contribution in [-0.4, -0.2) is 4.98 Å². The molecular formula is C16H13BrFN3. The van der Waals surface area contributed by atoms with Crippen molar-refractivity contribution in [2.24, 2.45) is 0 Å². The molecule has 3 nitrogen and oxygen atoms in total. The van der Waals surface area contributed by atoms with Crippen LogP contribution in [0.1, 0.15) is 5.56 Å². The molecule has 2 aromatic carbocycles. The minimum atomic E-state index is -0.309. The van der Waals surface area contributed by atoms with E-state index in [1.54, 1.807) is 6.07 Å². The standard InChI is InChI=1S/C16H13BrFN3/c1-9-6-12(17)13(18)8-15(9)21-16-5-2-10-7-11(19)3-4-14(10)20-16/h2-8H,19H2,1H3,(H,20,21). The first-order valence-electron chi connectivity index (χ1n) is 6.42. The van der Waals surface area contributed by atoms with Crippen molar-refractivity contribution in [1.29, 1.82) is 0 Å². The molecule has 5 heteroatoms. The maximum Gasteiger partial charge on any atom is 0.139 e. The number of aryl methyl sites for hydroxylation is 1. The van der Waals surface area contributed by atoms with Crippen LogP contribution in [0.15, 0.2) is 46.9 Å². The fourth-order valence-corrected chi connectivity index (χ4v) is 2.59. The summed E-state index contributed by atoms with van der Waals surface area (Å²) in [5.41, 5.74) is 8.91. The van der Waals surface area contributed by atoms with Crippen LogP contribution in [-0.2, 0) is 0 Å². The number of nitrogens with two attached hydrogens (primary N) is 1. The van der Waals surface area contributed by atoms with Crippen molar-refractivity contribution < 1.29 is 4.39 Å². The van der Waals surface area contributed by atoms with Gasteiger partial charge in [0.05, 0.1) is 9.99 Å². The van der Waals surface area contributed by atoms with Gasteiger partial charge >= 0.3 is 0 Å². The van der Waals surface area contributed by atoms with E-state index in [0.29, 0.717) is 21.7 Å². The third-order valence-electron chi connectivity index (χ3n) is 3.24. The molecule has 0 fully saturated rings. The van der Waals surface area contributed by atoms with Gasteiger partial charge in [0.1, 0.15) is 11.6 Å². The summed E-state index contributed by atoms with van der Waals surface area (Å²) in [6.07, 6.45) is 0. The number of nitrogens with one attached hydrogen (secondary N) is 1. The van der Waals surface area contributed by atoms with E-state index in [0.717, 1.165) is 16.5 Å². The molecule has 0 aliphatic rings. The summed E-state index contributed by atoms with van der Waals surface area (Å²) in [5.74, 6) is 0.355. The summed E-state index contributed by atoms with van der Waals surface area (Å²) in [6.45, 7) is 1.91. The lowest BCUT2D eigenvalue weighted by Crippen LogP contribution is -1.97. The second-order valence-electron chi connectivity index (χ2n) is 4.85. The number of anilines is 3. The van der Waals surface area contributed by atoms with Crippen molar-refractivity contribution >= 4 is 44.0 Å². The van der Waals surface area contributed by atoms with Crippen molar-refractivity contribution in [3.05, 3.63) is 58.3 Å². The number of fused-ring (bicyclic) bond motifs is 1. The molecule has 0 atom stereocenters. The summed E-state index contributed by atoms with van der Waals surface area (Å²) in [5, 5.41) is 4.12. The summed E-state index contributed by atoms with van der Waals surface area (Å²) >= 11 is 3.17. The first kappa shape index (κ1) is 13.8. The van der Waals surface area contributed by atoms with Crippen LogP contribution in [0.25, 0.3) is 10.9 Å². The maximum atomic E-state index is 13.6. The van der Waals surface area contributed by atoms with Crippen molar-refractivity contribution in [3.63, 3.8) is 0 Å². The van der Waals surface area contributed by atoms with Crippen LogP contribution in [0.4, 0.5) is 21.6 Å². The fourth-order valence-electron chi connectivity index (χ4n) is 2.13. The highest BCUT2D eigenvalue weighted by molar-refractivity contribution is 9.10. The Balaban J connectivity index is 1.98. The Morgan fingerprint density at radius 2 is 1.95 bits per heavy atom. The van der Waals surface area contributed by atoms with Gasteiger partial charge in [0.25, 0.3) is 0 Å². The predicted octanol–water partition coefficient (Wildman–Crippen LogP) is 4.77. The zero-order valence-electron chi connectivity index (χ0n) is 11.3. The quantitative estimate of drug-likeness (QED) is 0.657. The Bertz CT molecular complexity index is 833. The van der Waals surface area contributed by atoms with E-state index >= 15 is 0 Å². The average molecular weight is 346 g/mol. The van der Waals surface area contributed by atoms with Gasteiger partial charge in [-0.25, -0.2) is 9.37 Å². The van der Waals surface area contributed by atoms with Crippen molar-refractivity contribution in [2.45, 2.75) is 6.92 Å². The van der Waals surface area contributed by atoms with Crippen molar-refractivity contribution in [2.75, 3.05) is 11.1 Å². The summed E-state index contributed by atoms with van der Waals surface area (Å²) in [7, 11) is 0. The smallest absolute Gasteiger partial charge is 0.139 e. The van der Waals surface area contributed by atoms with E-state index in [1.165, 1.54) is 6.07 Å². The van der Waals surface area contributed by atoms with E-state index < -0.39 is 0 Å². The zero-order valence-corrected chi connectivity index (χ0v) is 12.9. The van der Waals surface area contributed by atoms with Gasteiger partial charge in [-0.1, -0.05) is 0 Å². The molecule has 0 spiro atoms. The maximum absolute atomic E-state index is 13.6. The molecule has 0 amide bonds. The molecule has 3 aromatic rings. The molecule has 1 heterocycles. The monoisotopic (exact) mass is 345 g/mol. The molecule has 106 valence electrons. The van der Waals surface area contributed by atoms with Crippen molar-refractivity contribution in [1.82, 2.24) is 4.98 Å². The summed E-state index contributed by atoms with van der Waals surface area (Å²) in [6, 6.07) is 12.5. The van der Waals surface area contributed by atoms with Gasteiger partial charge < -0.3 is 11.1 Å². The predicted molar refractivity (Wildman–Crippen MR) is 88.3 cm³/mol. The molecule has 1 aromatic heterocycles. The van der Waals surface area contributed by atoms with Crippen LogP contribution >= 0.6 is 15.9 Å². The number of halogens is 2. The van der Waals surface area contributed by atoms with Gasteiger partial charge in [-0.05, 0) is 70.9 Å². The van der Waals surface area contributed by atoms with Crippen LogP contribution in [0.3, 0.4) is 0 Å². The lowest BCUT2D eigenvalue weighted by Gasteiger charge is -2.11. The minimum Gasteiger partial charge on any atom is -0.399 e. The Kier molecular flexibility index (Phi) is 3.51. The van der Waals surface area contributed by atoms with Gasteiger partial charge in [0, 0.05) is 16.8 Å². The zero-order chi connectivity index (χ0) is 15.0.